The Morgan fingerprint density at radius 1 is 0.674 bits per heavy atom. The van der Waals surface area contributed by atoms with Crippen LogP contribution in [0, 0.1) is 0 Å². The summed E-state index contributed by atoms with van der Waals surface area (Å²) in [5.41, 5.74) is -0.631. The number of ether oxygens (including phenoxy) is 2. The van der Waals surface area contributed by atoms with Gasteiger partial charge in [-0.25, -0.2) is 19.3 Å². The predicted molar refractivity (Wildman–Crippen MR) is 143 cm³/mol. The molecule has 0 amide bonds. The van der Waals surface area contributed by atoms with E-state index in [1.54, 1.807) is 0 Å². The number of nitrogens with zero attached hydrogens (tertiary/aromatic N) is 10. The highest BCUT2D eigenvalue weighted by Gasteiger charge is 2.51. The number of hydrogen-bond donors (Lipinski definition) is 6. The number of rotatable bonds is 8. The molecule has 0 saturated carbocycles. The fraction of sp³-hybridized carbons (Fsp3) is 0.500. The van der Waals surface area contributed by atoms with Gasteiger partial charge in [0.25, 0.3) is 0 Å². The number of hydrogen-bond acceptors (Lipinski definition) is 17. The summed E-state index contributed by atoms with van der Waals surface area (Å²) in [6.07, 6.45) is 3.93. The van der Waals surface area contributed by atoms with Gasteiger partial charge in [-0.05, 0) is 0 Å². The minimum atomic E-state index is -1.44. The summed E-state index contributed by atoms with van der Waals surface area (Å²) in [6, 6.07) is -2.24. The van der Waals surface area contributed by atoms with E-state index in [1.807, 2.05) is 0 Å². The molecular formula is C24H28N10O8S. The zero-order valence-electron chi connectivity index (χ0n) is 22.2. The molecule has 2 aliphatic heterocycles. The van der Waals surface area contributed by atoms with Crippen molar-refractivity contribution >= 4 is 11.8 Å². The van der Waals surface area contributed by atoms with Gasteiger partial charge in [0, 0.05) is 30.4 Å². The summed E-state index contributed by atoms with van der Waals surface area (Å²) in [4.78, 5) is 16.1. The maximum absolute atomic E-state index is 11.4. The Kier molecular flexibility index (Phi) is 8.66. The summed E-state index contributed by atoms with van der Waals surface area (Å²) in [7, 11) is 0. The van der Waals surface area contributed by atoms with Gasteiger partial charge in [0.05, 0.1) is 31.8 Å². The van der Waals surface area contributed by atoms with Gasteiger partial charge < -0.3 is 40.1 Å². The lowest BCUT2D eigenvalue weighted by atomic mass is 9.97. The Morgan fingerprint density at radius 3 is 1.77 bits per heavy atom. The lowest BCUT2D eigenvalue weighted by Crippen LogP contribution is -2.58. The maximum Gasteiger partial charge on any atom is 0.134 e. The molecule has 0 spiro atoms. The highest BCUT2D eigenvalue weighted by molar-refractivity contribution is 8.00. The fourth-order valence-corrected chi connectivity index (χ4v) is 6.40. The molecule has 228 valence electrons. The molecular weight excluding hydrogens is 588 g/mol. The largest absolute Gasteiger partial charge is 0.394 e. The molecule has 5 unspecified atom stereocenters. The van der Waals surface area contributed by atoms with Crippen LogP contribution in [0.5, 0.6) is 0 Å². The summed E-state index contributed by atoms with van der Waals surface area (Å²) >= 11 is 0.849. The van der Waals surface area contributed by atoms with Gasteiger partial charge in [-0.2, -0.15) is 0 Å². The van der Waals surface area contributed by atoms with Crippen LogP contribution < -0.4 is 0 Å². The molecule has 6 N–H and O–H groups in total. The Bertz CT molecular complexity index is 1380. The van der Waals surface area contributed by atoms with Crippen molar-refractivity contribution in [3.05, 3.63) is 49.7 Å². The van der Waals surface area contributed by atoms with Crippen LogP contribution in [0.15, 0.2) is 49.7 Å². The topological polar surface area (TPSA) is 253 Å². The van der Waals surface area contributed by atoms with Gasteiger partial charge in [-0.1, -0.05) is 22.2 Å². The normalized spacial score (nSPS) is 33.0. The van der Waals surface area contributed by atoms with Crippen LogP contribution >= 0.6 is 11.8 Å². The Labute approximate surface area is 247 Å². The van der Waals surface area contributed by atoms with Crippen molar-refractivity contribution in [2.75, 3.05) is 13.2 Å². The van der Waals surface area contributed by atoms with E-state index in [0.717, 1.165) is 11.8 Å². The Balaban J connectivity index is 1.25. The second kappa shape index (κ2) is 12.6. The number of aromatic nitrogens is 10. The first kappa shape index (κ1) is 29.5. The van der Waals surface area contributed by atoms with E-state index >= 15 is 0 Å². The van der Waals surface area contributed by atoms with E-state index in [1.165, 1.54) is 59.1 Å². The molecule has 43 heavy (non-hydrogen) atoms. The van der Waals surface area contributed by atoms with Crippen molar-refractivity contribution in [3.8, 4) is 22.6 Å². The van der Waals surface area contributed by atoms with Gasteiger partial charge >= 0.3 is 0 Å². The monoisotopic (exact) mass is 616 g/mol. The van der Waals surface area contributed by atoms with Crippen molar-refractivity contribution < 1.29 is 40.1 Å². The third-order valence-corrected chi connectivity index (χ3v) is 8.60. The molecule has 6 rings (SSSR count). The lowest BCUT2D eigenvalue weighted by molar-refractivity contribution is -0.189. The molecule has 0 bridgehead atoms. The highest BCUT2D eigenvalue weighted by atomic mass is 32.2. The molecule has 4 aromatic heterocycles. The van der Waals surface area contributed by atoms with Crippen molar-refractivity contribution in [1.29, 1.82) is 0 Å². The molecule has 0 aromatic carbocycles. The van der Waals surface area contributed by atoms with E-state index in [-0.39, 0.29) is 0 Å². The van der Waals surface area contributed by atoms with Crippen LogP contribution in [0.25, 0.3) is 22.6 Å². The Hall–Kier alpha value is -3.53. The molecule has 18 nitrogen and oxygen atoms in total. The fourth-order valence-electron chi connectivity index (χ4n) is 5.08. The third kappa shape index (κ3) is 5.73. The van der Waals surface area contributed by atoms with Gasteiger partial charge in [-0.15, -0.1) is 10.2 Å². The minimum absolute atomic E-state index is 0.340. The summed E-state index contributed by atoms with van der Waals surface area (Å²) in [5, 5.41) is 80.9. The Morgan fingerprint density at radius 2 is 1.23 bits per heavy atom. The minimum Gasteiger partial charge on any atom is -0.394 e. The van der Waals surface area contributed by atoms with Crippen molar-refractivity contribution in [2.24, 2.45) is 0 Å². The second-order valence-electron chi connectivity index (χ2n) is 9.92. The first-order valence-electron chi connectivity index (χ1n) is 13.2. The highest BCUT2D eigenvalue weighted by Crippen LogP contribution is 2.42. The summed E-state index contributed by atoms with van der Waals surface area (Å²) in [6.45, 7) is -1.18. The number of thioether (sulfide) groups is 1. The van der Waals surface area contributed by atoms with Gasteiger partial charge in [-0.3, -0.25) is 9.97 Å². The van der Waals surface area contributed by atoms with Crippen molar-refractivity contribution in [1.82, 2.24) is 49.9 Å². The van der Waals surface area contributed by atoms with Crippen LogP contribution in [0.2, 0.25) is 0 Å². The van der Waals surface area contributed by atoms with E-state index in [0.29, 0.717) is 22.6 Å². The zero-order chi connectivity index (χ0) is 30.1. The molecule has 6 heterocycles. The number of aliphatic hydroxyl groups is 6. The molecule has 2 saturated heterocycles. The van der Waals surface area contributed by atoms with Crippen LogP contribution in [0.1, 0.15) is 12.1 Å². The van der Waals surface area contributed by atoms with Crippen molar-refractivity contribution in [3.63, 3.8) is 0 Å². The van der Waals surface area contributed by atoms with E-state index in [9.17, 15) is 30.6 Å². The molecule has 2 fully saturated rings. The predicted octanol–water partition coefficient (Wildman–Crippen LogP) is -2.82. The smallest absolute Gasteiger partial charge is 0.134 e. The van der Waals surface area contributed by atoms with Crippen LogP contribution in [0.3, 0.4) is 0 Å². The molecule has 10 atom stereocenters. The molecule has 19 heteroatoms. The first-order valence-corrected chi connectivity index (χ1v) is 14.1. The first-order chi connectivity index (χ1) is 20.9. The number of aliphatic hydroxyl groups excluding tert-OH is 6. The summed E-state index contributed by atoms with van der Waals surface area (Å²) in [5.74, 6) is 0. The SMILES string of the molecule is OCC1O[C@@H](SC2O[C@H](CO)C(O)C(n3cc(-c4cncnc4)nn3)[C@H]2O)C(O)[C@@H](n2cc(-c3cnccn3)nn2)[C@H]1O. The molecule has 0 radical (unpaired) electrons. The lowest BCUT2D eigenvalue weighted by Gasteiger charge is -2.46. The third-order valence-electron chi connectivity index (χ3n) is 7.28. The van der Waals surface area contributed by atoms with Gasteiger partial charge in [0.15, 0.2) is 0 Å². The van der Waals surface area contributed by atoms with Crippen molar-refractivity contribution in [2.45, 2.75) is 59.6 Å². The average molecular weight is 617 g/mol. The van der Waals surface area contributed by atoms with E-state index < -0.39 is 72.8 Å². The van der Waals surface area contributed by atoms with E-state index in [4.69, 9.17) is 9.47 Å². The second-order valence-corrected chi connectivity index (χ2v) is 11.1. The molecule has 0 aliphatic carbocycles. The van der Waals surface area contributed by atoms with E-state index in [2.05, 4.69) is 40.6 Å². The maximum atomic E-state index is 11.4. The van der Waals surface area contributed by atoms with Gasteiger partial charge in [0.1, 0.15) is 83.0 Å². The van der Waals surface area contributed by atoms with Crippen LogP contribution in [-0.2, 0) is 9.47 Å². The van der Waals surface area contributed by atoms with Crippen LogP contribution in [-0.4, -0.2) is 141 Å². The van der Waals surface area contributed by atoms with Crippen LogP contribution in [0.4, 0.5) is 0 Å². The standard InChI is InChI=1S/C24H28N10O8S/c35-8-15-19(37)17(33-6-13(29-31-33)11-3-26-10-27-4-11)21(39)23(41-15)43-24-22(40)18(20(38)16(9-36)42-24)34-7-14(30-32-34)12-5-25-1-2-28-12/h1-7,10,15-24,35-40H,8-9H2/t15-,16?,17?,18+,19?,20+,21-,22?,23?,24+/m1/s1. The molecule has 4 aromatic rings. The average Bonchev–Trinajstić information content (AvgIpc) is 3.72. The summed E-state index contributed by atoms with van der Waals surface area (Å²) < 4.78 is 14.2. The zero-order valence-corrected chi connectivity index (χ0v) is 23.0. The quantitative estimate of drug-likeness (QED) is 0.117. The molecule has 2 aliphatic rings. The van der Waals surface area contributed by atoms with Gasteiger partial charge in [0.2, 0.25) is 0 Å².